The first-order valence-electron chi connectivity index (χ1n) is 6.61. The lowest BCUT2D eigenvalue weighted by Gasteiger charge is -2.31. The summed E-state index contributed by atoms with van der Waals surface area (Å²) in [5.74, 6) is 5.08. The fraction of sp³-hybridized carbons (Fsp3) is 0.429. The first-order chi connectivity index (χ1) is 9.52. The second kappa shape index (κ2) is 6.37. The van der Waals surface area contributed by atoms with Crippen molar-refractivity contribution in [2.24, 2.45) is 11.8 Å². The molecule has 1 aromatic carbocycles. The fourth-order valence-corrected chi connectivity index (χ4v) is 2.90. The minimum absolute atomic E-state index is 0.102. The number of hydrogen-bond donors (Lipinski definition) is 2. The largest absolute Gasteiger partial charge is 0.338 e. The molecular weight excluding hydrogens is 322 g/mol. The summed E-state index contributed by atoms with van der Waals surface area (Å²) in [5, 5.41) is 0. The number of hydrogen-bond acceptors (Lipinski definition) is 3. The highest BCUT2D eigenvalue weighted by Crippen LogP contribution is 2.24. The molecule has 0 aromatic heterocycles. The summed E-state index contributed by atoms with van der Waals surface area (Å²) in [6.07, 6.45) is 2.00. The topological polar surface area (TPSA) is 75.4 Å². The lowest BCUT2D eigenvalue weighted by atomic mass is 9.98. The van der Waals surface area contributed by atoms with Crippen LogP contribution in [0.25, 0.3) is 0 Å². The maximum atomic E-state index is 12.1. The zero-order valence-corrected chi connectivity index (χ0v) is 12.9. The van der Waals surface area contributed by atoms with Crippen LogP contribution in [-0.4, -0.2) is 23.3 Å². The molecule has 0 spiro atoms. The zero-order valence-electron chi connectivity index (χ0n) is 11.4. The minimum atomic E-state index is -0.333. The lowest BCUT2D eigenvalue weighted by molar-refractivity contribution is -0.138. The van der Waals surface area contributed by atoms with Gasteiger partial charge in [-0.3, -0.25) is 15.0 Å². The lowest BCUT2D eigenvalue weighted by Crippen LogP contribution is -2.39. The van der Waals surface area contributed by atoms with E-state index in [9.17, 15) is 9.59 Å². The van der Waals surface area contributed by atoms with E-state index in [1.807, 2.05) is 17.9 Å². The van der Waals surface area contributed by atoms with Crippen LogP contribution in [-0.2, 0) is 11.3 Å². The summed E-state index contributed by atoms with van der Waals surface area (Å²) < 4.78 is 0.810. The van der Waals surface area contributed by atoms with Crippen molar-refractivity contribution in [3.8, 4) is 0 Å². The molecule has 0 saturated carbocycles. The summed E-state index contributed by atoms with van der Waals surface area (Å²) in [5.41, 5.74) is 3.57. The standard InChI is InChI=1S/C14H18BrN3O2/c1-9-3-2-6-18(14(9)20)8-11-5-4-10(7-12(11)15)13(19)17-16/h4-5,7,9H,2-3,6,8,16H2,1H3,(H,17,19). The van der Waals surface area contributed by atoms with Crippen LogP contribution in [0, 0.1) is 5.92 Å². The van der Waals surface area contributed by atoms with E-state index in [2.05, 4.69) is 21.4 Å². The van der Waals surface area contributed by atoms with Crippen LogP contribution in [0.1, 0.15) is 35.7 Å². The number of rotatable bonds is 3. The van der Waals surface area contributed by atoms with Gasteiger partial charge in [0.05, 0.1) is 0 Å². The Balaban J connectivity index is 2.13. The average Bonchev–Trinajstić information content (AvgIpc) is 2.45. The van der Waals surface area contributed by atoms with Gasteiger partial charge in [0.2, 0.25) is 5.91 Å². The van der Waals surface area contributed by atoms with E-state index >= 15 is 0 Å². The molecule has 5 nitrogen and oxygen atoms in total. The van der Waals surface area contributed by atoms with Gasteiger partial charge >= 0.3 is 0 Å². The third-order valence-corrected chi connectivity index (χ3v) is 4.34. The molecule has 2 amide bonds. The van der Waals surface area contributed by atoms with Crippen LogP contribution in [0.15, 0.2) is 22.7 Å². The molecule has 108 valence electrons. The number of halogens is 1. The molecule has 1 aliphatic rings. The van der Waals surface area contributed by atoms with E-state index in [1.165, 1.54) is 0 Å². The Morgan fingerprint density at radius 2 is 2.30 bits per heavy atom. The van der Waals surface area contributed by atoms with Gasteiger partial charge < -0.3 is 4.90 Å². The molecule has 20 heavy (non-hydrogen) atoms. The van der Waals surface area contributed by atoms with Gasteiger partial charge in [0.1, 0.15) is 0 Å². The van der Waals surface area contributed by atoms with Gasteiger partial charge in [0.25, 0.3) is 5.91 Å². The van der Waals surface area contributed by atoms with E-state index in [0.29, 0.717) is 12.1 Å². The normalized spacial score (nSPS) is 19.1. The number of nitrogens with one attached hydrogen (secondary N) is 1. The highest BCUT2D eigenvalue weighted by molar-refractivity contribution is 9.10. The van der Waals surface area contributed by atoms with Gasteiger partial charge in [-0.2, -0.15) is 0 Å². The van der Waals surface area contributed by atoms with Crippen molar-refractivity contribution in [3.05, 3.63) is 33.8 Å². The summed E-state index contributed by atoms with van der Waals surface area (Å²) in [6.45, 7) is 3.33. The predicted molar refractivity (Wildman–Crippen MR) is 79.6 cm³/mol. The molecule has 0 aliphatic carbocycles. The Kier molecular flexibility index (Phi) is 4.77. The second-order valence-corrected chi connectivity index (χ2v) is 5.94. The van der Waals surface area contributed by atoms with Gasteiger partial charge in [-0.05, 0) is 30.5 Å². The SMILES string of the molecule is CC1CCCN(Cc2ccc(C(=O)NN)cc2Br)C1=O. The molecule has 1 atom stereocenters. The van der Waals surface area contributed by atoms with Crippen molar-refractivity contribution >= 4 is 27.7 Å². The summed E-state index contributed by atoms with van der Waals surface area (Å²) in [4.78, 5) is 25.4. The predicted octanol–water partition coefficient (Wildman–Crippen LogP) is 1.81. The number of likely N-dealkylation sites (tertiary alicyclic amines) is 1. The number of piperidine rings is 1. The number of amides is 2. The van der Waals surface area contributed by atoms with Gasteiger partial charge in [0.15, 0.2) is 0 Å². The molecule has 1 fully saturated rings. The molecule has 6 heteroatoms. The minimum Gasteiger partial charge on any atom is -0.338 e. The van der Waals surface area contributed by atoms with E-state index < -0.39 is 0 Å². The molecule has 0 bridgehead atoms. The van der Waals surface area contributed by atoms with Crippen molar-refractivity contribution in [3.63, 3.8) is 0 Å². The number of carbonyl (C=O) groups excluding carboxylic acids is 2. The van der Waals surface area contributed by atoms with E-state index in [0.717, 1.165) is 29.4 Å². The molecule has 1 aromatic rings. The van der Waals surface area contributed by atoms with Crippen molar-refractivity contribution < 1.29 is 9.59 Å². The molecule has 1 aliphatic heterocycles. The Bertz CT molecular complexity index is 533. The van der Waals surface area contributed by atoms with Crippen LogP contribution < -0.4 is 11.3 Å². The molecule has 1 heterocycles. The quantitative estimate of drug-likeness (QED) is 0.501. The zero-order chi connectivity index (χ0) is 14.7. The third kappa shape index (κ3) is 3.19. The monoisotopic (exact) mass is 339 g/mol. The highest BCUT2D eigenvalue weighted by Gasteiger charge is 2.25. The average molecular weight is 340 g/mol. The van der Waals surface area contributed by atoms with Gasteiger partial charge in [-0.1, -0.05) is 28.9 Å². The van der Waals surface area contributed by atoms with Gasteiger partial charge in [-0.15, -0.1) is 0 Å². The maximum Gasteiger partial charge on any atom is 0.265 e. The first-order valence-corrected chi connectivity index (χ1v) is 7.40. The van der Waals surface area contributed by atoms with Crippen LogP contribution in [0.4, 0.5) is 0 Å². The molecule has 2 rings (SSSR count). The number of nitrogen functional groups attached to an aromatic ring is 1. The molecular formula is C14H18BrN3O2. The number of benzene rings is 1. The van der Waals surface area contributed by atoms with Crippen molar-refractivity contribution in [2.45, 2.75) is 26.3 Å². The van der Waals surface area contributed by atoms with E-state index in [1.54, 1.807) is 12.1 Å². The Morgan fingerprint density at radius 1 is 1.55 bits per heavy atom. The Labute approximate surface area is 126 Å². The van der Waals surface area contributed by atoms with Crippen LogP contribution in [0.2, 0.25) is 0 Å². The van der Waals surface area contributed by atoms with Crippen LogP contribution in [0.5, 0.6) is 0 Å². The molecule has 0 radical (unpaired) electrons. The maximum absolute atomic E-state index is 12.1. The fourth-order valence-electron chi connectivity index (χ4n) is 2.40. The number of hydrazine groups is 1. The molecule has 3 N–H and O–H groups in total. The Hall–Kier alpha value is -1.40. The van der Waals surface area contributed by atoms with Crippen LogP contribution in [0.3, 0.4) is 0 Å². The number of nitrogens with two attached hydrogens (primary N) is 1. The van der Waals surface area contributed by atoms with Gasteiger partial charge in [-0.25, -0.2) is 5.84 Å². The summed E-state index contributed by atoms with van der Waals surface area (Å²) in [6, 6.07) is 5.27. The van der Waals surface area contributed by atoms with E-state index in [4.69, 9.17) is 5.84 Å². The van der Waals surface area contributed by atoms with Crippen molar-refractivity contribution in [2.75, 3.05) is 6.54 Å². The smallest absolute Gasteiger partial charge is 0.265 e. The Morgan fingerprint density at radius 3 is 2.95 bits per heavy atom. The molecule has 1 unspecified atom stereocenters. The summed E-state index contributed by atoms with van der Waals surface area (Å²) in [7, 11) is 0. The van der Waals surface area contributed by atoms with Crippen molar-refractivity contribution in [1.29, 1.82) is 0 Å². The third-order valence-electron chi connectivity index (χ3n) is 3.61. The van der Waals surface area contributed by atoms with Gasteiger partial charge in [0, 0.05) is 29.0 Å². The van der Waals surface area contributed by atoms with E-state index in [-0.39, 0.29) is 17.7 Å². The number of carbonyl (C=O) groups is 2. The second-order valence-electron chi connectivity index (χ2n) is 5.08. The highest BCUT2D eigenvalue weighted by atomic mass is 79.9. The van der Waals surface area contributed by atoms with Crippen molar-refractivity contribution in [1.82, 2.24) is 10.3 Å². The molecule has 1 saturated heterocycles. The summed E-state index contributed by atoms with van der Waals surface area (Å²) >= 11 is 3.45. The van der Waals surface area contributed by atoms with Crippen LogP contribution >= 0.6 is 15.9 Å². The first kappa shape index (κ1) is 15.0. The number of nitrogens with zero attached hydrogens (tertiary/aromatic N) is 1.